The van der Waals surface area contributed by atoms with Crippen molar-refractivity contribution in [3.8, 4) is 17.1 Å². The molecule has 0 aliphatic carbocycles. The van der Waals surface area contributed by atoms with Gasteiger partial charge in [-0.1, -0.05) is 27.5 Å². The van der Waals surface area contributed by atoms with Gasteiger partial charge in [-0.15, -0.1) is 10.2 Å². The number of oxazole rings is 1. The minimum Gasteiger partial charge on any atom is -0.436 e. The summed E-state index contributed by atoms with van der Waals surface area (Å²) in [7, 11) is 0. The number of hydrogen-bond donors (Lipinski definition) is 0. The Morgan fingerprint density at radius 1 is 1.05 bits per heavy atom. The van der Waals surface area contributed by atoms with Crippen molar-refractivity contribution in [3.63, 3.8) is 0 Å². The number of fused-ring (bicyclic) bond motifs is 1. The van der Waals surface area contributed by atoms with Crippen LogP contribution < -0.4 is 0 Å². The maximum absolute atomic E-state index is 6.23. The van der Waals surface area contributed by atoms with Crippen molar-refractivity contribution in [2.24, 2.45) is 0 Å². The van der Waals surface area contributed by atoms with Gasteiger partial charge in [-0.25, -0.2) is 4.98 Å². The first kappa shape index (κ1) is 13.5. The average molecular weight is 376 g/mol. The first-order valence-corrected chi connectivity index (χ1v) is 7.59. The zero-order valence-corrected chi connectivity index (χ0v) is 13.4. The predicted molar refractivity (Wildman–Crippen MR) is 87.1 cm³/mol. The lowest BCUT2D eigenvalue weighted by Crippen LogP contribution is -1.88. The van der Waals surface area contributed by atoms with Crippen LogP contribution in [0.3, 0.4) is 0 Å². The van der Waals surface area contributed by atoms with Crippen molar-refractivity contribution >= 4 is 38.6 Å². The molecule has 22 heavy (non-hydrogen) atoms. The Hall–Kier alpha value is -2.18. The minimum absolute atomic E-state index is 0.488. The van der Waals surface area contributed by atoms with E-state index in [0.717, 1.165) is 21.2 Å². The van der Waals surface area contributed by atoms with Crippen molar-refractivity contribution in [1.82, 2.24) is 19.7 Å². The lowest BCUT2D eigenvalue weighted by atomic mass is 10.2. The number of nitrogens with zero attached hydrogens (tertiary/aromatic N) is 4. The SMILES string of the molecule is Clc1ccc(Br)cc1-c1nc2cc(-n3cnnc3)ccc2o1. The Bertz CT molecular complexity index is 965. The van der Waals surface area contributed by atoms with Gasteiger partial charge in [0.2, 0.25) is 5.89 Å². The zero-order valence-electron chi connectivity index (χ0n) is 11.1. The fraction of sp³-hybridized carbons (Fsp3) is 0. The highest BCUT2D eigenvalue weighted by molar-refractivity contribution is 9.10. The molecule has 0 aliphatic rings. The summed E-state index contributed by atoms with van der Waals surface area (Å²) in [5, 5.41) is 8.19. The molecule has 2 aromatic carbocycles. The monoisotopic (exact) mass is 374 g/mol. The normalized spacial score (nSPS) is 11.2. The molecule has 0 saturated heterocycles. The van der Waals surface area contributed by atoms with Crippen LogP contribution in [0.2, 0.25) is 5.02 Å². The molecule has 2 heterocycles. The molecular formula is C15H8BrClN4O. The van der Waals surface area contributed by atoms with Crippen LogP contribution in [0.25, 0.3) is 28.2 Å². The molecule has 0 N–H and O–H groups in total. The van der Waals surface area contributed by atoms with E-state index in [4.69, 9.17) is 16.0 Å². The smallest absolute Gasteiger partial charge is 0.228 e. The Kier molecular flexibility index (Phi) is 3.20. The summed E-state index contributed by atoms with van der Waals surface area (Å²) in [4.78, 5) is 4.53. The zero-order chi connectivity index (χ0) is 15.1. The van der Waals surface area contributed by atoms with E-state index in [-0.39, 0.29) is 0 Å². The summed E-state index contributed by atoms with van der Waals surface area (Å²) in [5.74, 6) is 0.488. The van der Waals surface area contributed by atoms with Gasteiger partial charge in [0.05, 0.1) is 16.3 Å². The molecule has 0 atom stereocenters. The van der Waals surface area contributed by atoms with Crippen LogP contribution in [0.5, 0.6) is 0 Å². The highest BCUT2D eigenvalue weighted by Crippen LogP contribution is 2.32. The van der Waals surface area contributed by atoms with Gasteiger partial charge in [-0.3, -0.25) is 4.57 Å². The Morgan fingerprint density at radius 3 is 2.68 bits per heavy atom. The molecule has 108 valence electrons. The molecule has 0 saturated carbocycles. The van der Waals surface area contributed by atoms with Crippen molar-refractivity contribution < 1.29 is 4.42 Å². The first-order valence-electron chi connectivity index (χ1n) is 6.42. The molecule has 4 rings (SSSR count). The summed E-state index contributed by atoms with van der Waals surface area (Å²) >= 11 is 9.66. The molecular weight excluding hydrogens is 368 g/mol. The fourth-order valence-electron chi connectivity index (χ4n) is 2.19. The molecule has 0 aliphatic heterocycles. The molecule has 5 nitrogen and oxygen atoms in total. The van der Waals surface area contributed by atoms with Gasteiger partial charge < -0.3 is 4.42 Å². The second-order valence-corrected chi connectivity index (χ2v) is 5.99. The molecule has 0 spiro atoms. The number of benzene rings is 2. The number of hydrogen-bond acceptors (Lipinski definition) is 4. The largest absolute Gasteiger partial charge is 0.436 e. The number of halogens is 2. The highest BCUT2D eigenvalue weighted by Gasteiger charge is 2.13. The maximum Gasteiger partial charge on any atom is 0.228 e. The molecule has 0 amide bonds. The van der Waals surface area contributed by atoms with E-state index in [2.05, 4.69) is 31.1 Å². The summed E-state index contributed by atoms with van der Waals surface area (Å²) < 4.78 is 8.53. The molecule has 4 aromatic rings. The quantitative estimate of drug-likeness (QED) is 0.518. The van der Waals surface area contributed by atoms with Crippen molar-refractivity contribution in [2.75, 3.05) is 0 Å². The third-order valence-corrected chi connectivity index (χ3v) is 4.07. The second-order valence-electron chi connectivity index (χ2n) is 4.66. The van der Waals surface area contributed by atoms with E-state index in [0.29, 0.717) is 16.5 Å². The number of aromatic nitrogens is 4. The standard InChI is InChI=1S/C15H8BrClN4O/c16-9-1-3-12(17)11(5-9)15-20-13-6-10(2-4-14(13)22-15)21-7-18-19-8-21/h1-8H. The summed E-state index contributed by atoms with van der Waals surface area (Å²) in [5.41, 5.74) is 3.11. The van der Waals surface area contributed by atoms with Gasteiger partial charge in [0.15, 0.2) is 5.58 Å². The second kappa shape index (κ2) is 5.23. The molecule has 2 aromatic heterocycles. The molecule has 0 fully saturated rings. The highest BCUT2D eigenvalue weighted by atomic mass is 79.9. The molecule has 0 unspecified atom stereocenters. The van der Waals surface area contributed by atoms with Crippen molar-refractivity contribution in [3.05, 3.63) is 58.5 Å². The van der Waals surface area contributed by atoms with Crippen LogP contribution in [0.4, 0.5) is 0 Å². The van der Waals surface area contributed by atoms with E-state index in [1.807, 2.05) is 30.3 Å². The van der Waals surface area contributed by atoms with E-state index >= 15 is 0 Å². The van der Waals surface area contributed by atoms with Crippen molar-refractivity contribution in [1.29, 1.82) is 0 Å². The lowest BCUT2D eigenvalue weighted by Gasteiger charge is -1.99. The van der Waals surface area contributed by atoms with Crippen LogP contribution in [-0.2, 0) is 0 Å². The number of rotatable bonds is 2. The van der Waals surface area contributed by atoms with Gasteiger partial charge in [0.25, 0.3) is 0 Å². The van der Waals surface area contributed by atoms with Crippen LogP contribution in [0, 0.1) is 0 Å². The first-order chi connectivity index (χ1) is 10.7. The van der Waals surface area contributed by atoms with E-state index < -0.39 is 0 Å². The summed E-state index contributed by atoms with van der Waals surface area (Å²) in [6, 6.07) is 11.3. The van der Waals surface area contributed by atoms with Gasteiger partial charge in [-0.2, -0.15) is 0 Å². The van der Waals surface area contributed by atoms with Crippen LogP contribution in [0.15, 0.2) is 57.9 Å². The lowest BCUT2D eigenvalue weighted by molar-refractivity contribution is 0.620. The average Bonchev–Trinajstić information content (AvgIpc) is 3.17. The van der Waals surface area contributed by atoms with Crippen molar-refractivity contribution in [2.45, 2.75) is 0 Å². The third kappa shape index (κ3) is 2.30. The summed E-state index contributed by atoms with van der Waals surface area (Å²) in [6.07, 6.45) is 3.26. The van der Waals surface area contributed by atoms with Gasteiger partial charge in [0.1, 0.15) is 18.2 Å². The van der Waals surface area contributed by atoms with Gasteiger partial charge >= 0.3 is 0 Å². The molecule has 7 heteroatoms. The van der Waals surface area contributed by atoms with Gasteiger partial charge in [0, 0.05) is 4.47 Å². The van der Waals surface area contributed by atoms with E-state index in [9.17, 15) is 0 Å². The predicted octanol–water partition coefficient (Wildman–Crippen LogP) is 4.49. The van der Waals surface area contributed by atoms with E-state index in [1.165, 1.54) is 0 Å². The Labute approximate surface area is 138 Å². The van der Waals surface area contributed by atoms with Crippen LogP contribution >= 0.6 is 27.5 Å². The Morgan fingerprint density at radius 2 is 1.86 bits per heavy atom. The molecule has 0 radical (unpaired) electrons. The van der Waals surface area contributed by atoms with Crippen LogP contribution in [-0.4, -0.2) is 19.7 Å². The third-order valence-electron chi connectivity index (χ3n) is 3.25. The maximum atomic E-state index is 6.23. The van der Waals surface area contributed by atoms with Gasteiger partial charge in [-0.05, 0) is 36.4 Å². The summed E-state index contributed by atoms with van der Waals surface area (Å²) in [6.45, 7) is 0. The van der Waals surface area contributed by atoms with E-state index in [1.54, 1.807) is 23.3 Å². The minimum atomic E-state index is 0.488. The topological polar surface area (TPSA) is 56.7 Å². The van der Waals surface area contributed by atoms with Crippen LogP contribution in [0.1, 0.15) is 0 Å². The molecule has 0 bridgehead atoms. The fourth-order valence-corrected chi connectivity index (χ4v) is 2.75. The Balaban J connectivity index is 1.85.